The summed E-state index contributed by atoms with van der Waals surface area (Å²) in [4.78, 5) is 27.3. The fraction of sp³-hybridized carbons (Fsp3) is 0.625. The van der Waals surface area contributed by atoms with Gasteiger partial charge < -0.3 is 15.0 Å². The molecule has 138 valence electrons. The molecule has 0 bridgehead atoms. The smallest absolute Gasteiger partial charge is 0.244 e. The lowest BCUT2D eigenvalue weighted by atomic mass is 10.1. The summed E-state index contributed by atoms with van der Waals surface area (Å²) < 4.78 is 28.6. The van der Waals surface area contributed by atoms with Crippen LogP contribution in [0.3, 0.4) is 0 Å². The van der Waals surface area contributed by atoms with Gasteiger partial charge in [-0.25, -0.2) is 8.42 Å². The highest BCUT2D eigenvalue weighted by atomic mass is 32.2. The topological polar surface area (TPSA) is 92.8 Å². The number of fused-ring (bicyclic) bond motifs is 1. The lowest BCUT2D eigenvalue weighted by molar-refractivity contribution is -0.136. The van der Waals surface area contributed by atoms with Crippen molar-refractivity contribution in [3.8, 4) is 0 Å². The summed E-state index contributed by atoms with van der Waals surface area (Å²) in [6, 6.07) is 1.38. The molecule has 1 fully saturated rings. The molecule has 3 heterocycles. The van der Waals surface area contributed by atoms with E-state index in [-0.39, 0.29) is 48.9 Å². The van der Waals surface area contributed by atoms with Gasteiger partial charge in [0.05, 0.1) is 24.5 Å². The number of ether oxygens (including phenoxy) is 1. The first kappa shape index (κ1) is 18.3. The van der Waals surface area contributed by atoms with Crippen LogP contribution < -0.4 is 5.32 Å². The number of hydrogen-bond donors (Lipinski definition) is 1. The number of sulfone groups is 1. The Kier molecular flexibility index (Phi) is 5.45. The van der Waals surface area contributed by atoms with Gasteiger partial charge in [-0.1, -0.05) is 0 Å². The molecule has 0 aliphatic carbocycles. The number of hydrogen-bond acceptors (Lipinski definition) is 6. The van der Waals surface area contributed by atoms with E-state index in [1.54, 1.807) is 18.3 Å². The normalized spacial score (nSPS) is 23.6. The molecule has 2 aliphatic heterocycles. The minimum absolute atomic E-state index is 0.0174. The van der Waals surface area contributed by atoms with E-state index in [1.165, 1.54) is 10.5 Å². The van der Waals surface area contributed by atoms with E-state index in [1.807, 2.05) is 5.38 Å². The van der Waals surface area contributed by atoms with Crippen molar-refractivity contribution in [3.63, 3.8) is 0 Å². The Hall–Kier alpha value is -1.45. The number of thiophene rings is 1. The fourth-order valence-corrected chi connectivity index (χ4v) is 5.32. The van der Waals surface area contributed by atoms with Crippen LogP contribution in [-0.4, -0.2) is 62.4 Å². The van der Waals surface area contributed by atoms with Crippen LogP contribution in [0.5, 0.6) is 0 Å². The van der Waals surface area contributed by atoms with Crippen LogP contribution in [0.2, 0.25) is 0 Å². The standard InChI is InChI=1S/C16H22N2O5S2/c1-11(16(20)18-4-8-25(21,22)9-5-18)17-14(19)10-13-15-12(2-6-23-13)3-7-24-15/h3,7,11,13H,2,4-6,8-10H2,1H3,(H,17,19)/t11-,13-/m0/s1. The predicted molar refractivity (Wildman–Crippen MR) is 94.2 cm³/mol. The summed E-state index contributed by atoms with van der Waals surface area (Å²) in [6.07, 6.45) is 0.787. The monoisotopic (exact) mass is 386 g/mol. The van der Waals surface area contributed by atoms with E-state index in [2.05, 4.69) is 11.4 Å². The highest BCUT2D eigenvalue weighted by molar-refractivity contribution is 7.91. The van der Waals surface area contributed by atoms with Crippen LogP contribution in [0, 0.1) is 0 Å². The SMILES string of the molecule is C[C@H](NC(=O)C[C@@H]1OCCc2ccsc21)C(=O)N1CCS(=O)(=O)CC1. The average molecular weight is 386 g/mol. The molecule has 2 aliphatic rings. The third-order valence-corrected chi connectivity index (χ3v) is 7.20. The Morgan fingerprint density at radius 1 is 1.40 bits per heavy atom. The third kappa shape index (κ3) is 4.39. The first-order valence-electron chi connectivity index (χ1n) is 8.32. The maximum absolute atomic E-state index is 12.4. The Labute approximate surface area is 151 Å². The molecule has 0 radical (unpaired) electrons. The van der Waals surface area contributed by atoms with Gasteiger partial charge >= 0.3 is 0 Å². The molecule has 2 amide bonds. The van der Waals surface area contributed by atoms with E-state index in [0.29, 0.717) is 6.61 Å². The molecule has 0 aromatic carbocycles. The van der Waals surface area contributed by atoms with Crippen molar-refractivity contribution in [2.75, 3.05) is 31.2 Å². The summed E-state index contributed by atoms with van der Waals surface area (Å²) in [5, 5.41) is 4.71. The second-order valence-corrected chi connectivity index (χ2v) is 9.64. The molecule has 25 heavy (non-hydrogen) atoms. The molecule has 2 atom stereocenters. The van der Waals surface area contributed by atoms with Crippen LogP contribution in [0.25, 0.3) is 0 Å². The van der Waals surface area contributed by atoms with Crippen LogP contribution in [-0.2, 0) is 30.6 Å². The summed E-state index contributed by atoms with van der Waals surface area (Å²) in [6.45, 7) is 2.59. The van der Waals surface area contributed by atoms with E-state index in [4.69, 9.17) is 4.74 Å². The van der Waals surface area contributed by atoms with Gasteiger partial charge in [0.25, 0.3) is 0 Å². The Bertz CT molecular complexity index is 744. The number of nitrogens with one attached hydrogen (secondary N) is 1. The molecule has 0 unspecified atom stereocenters. The van der Waals surface area contributed by atoms with Crippen LogP contribution in [0.15, 0.2) is 11.4 Å². The molecule has 1 N–H and O–H groups in total. The molecule has 7 nitrogen and oxygen atoms in total. The quantitative estimate of drug-likeness (QED) is 0.814. The van der Waals surface area contributed by atoms with Gasteiger partial charge in [0, 0.05) is 18.0 Å². The molecule has 1 aromatic rings. The summed E-state index contributed by atoms with van der Waals surface area (Å²) in [7, 11) is -3.04. The number of carbonyl (C=O) groups is 2. The van der Waals surface area contributed by atoms with Crippen molar-refractivity contribution in [2.24, 2.45) is 0 Å². The van der Waals surface area contributed by atoms with Gasteiger partial charge in [0.15, 0.2) is 9.84 Å². The minimum Gasteiger partial charge on any atom is -0.372 e. The minimum atomic E-state index is -3.04. The summed E-state index contributed by atoms with van der Waals surface area (Å²) >= 11 is 1.59. The van der Waals surface area contributed by atoms with Crippen molar-refractivity contribution in [1.82, 2.24) is 10.2 Å². The lowest BCUT2D eigenvalue weighted by Crippen LogP contribution is -2.51. The number of amides is 2. The lowest BCUT2D eigenvalue weighted by Gasteiger charge is -2.29. The van der Waals surface area contributed by atoms with Crippen LogP contribution in [0.4, 0.5) is 0 Å². The van der Waals surface area contributed by atoms with E-state index in [0.717, 1.165) is 11.3 Å². The predicted octanol–water partition coefficient (Wildman–Crippen LogP) is 0.514. The first-order chi connectivity index (χ1) is 11.9. The Balaban J connectivity index is 1.52. The van der Waals surface area contributed by atoms with Gasteiger partial charge in [0.1, 0.15) is 12.1 Å². The van der Waals surface area contributed by atoms with Gasteiger partial charge in [-0.05, 0) is 30.4 Å². The summed E-state index contributed by atoms with van der Waals surface area (Å²) in [5.41, 5.74) is 1.23. The second-order valence-electron chi connectivity index (χ2n) is 6.39. The van der Waals surface area contributed by atoms with E-state index in [9.17, 15) is 18.0 Å². The maximum atomic E-state index is 12.4. The molecular formula is C16H22N2O5S2. The zero-order chi connectivity index (χ0) is 18.0. The van der Waals surface area contributed by atoms with Crippen molar-refractivity contribution in [3.05, 3.63) is 21.9 Å². The first-order valence-corrected chi connectivity index (χ1v) is 11.0. The van der Waals surface area contributed by atoms with Crippen molar-refractivity contribution < 1.29 is 22.7 Å². The molecule has 9 heteroatoms. The van der Waals surface area contributed by atoms with Crippen LogP contribution in [0.1, 0.15) is 29.9 Å². The molecule has 0 saturated carbocycles. The second kappa shape index (κ2) is 7.43. The molecule has 1 saturated heterocycles. The molecular weight excluding hydrogens is 364 g/mol. The number of nitrogens with zero attached hydrogens (tertiary/aromatic N) is 1. The summed E-state index contributed by atoms with van der Waals surface area (Å²) in [5.74, 6) is -0.520. The highest BCUT2D eigenvalue weighted by Crippen LogP contribution is 2.33. The Morgan fingerprint density at radius 3 is 2.84 bits per heavy atom. The van der Waals surface area contributed by atoms with E-state index < -0.39 is 15.9 Å². The highest BCUT2D eigenvalue weighted by Gasteiger charge is 2.30. The van der Waals surface area contributed by atoms with Gasteiger partial charge in [0.2, 0.25) is 11.8 Å². The zero-order valence-corrected chi connectivity index (χ0v) is 15.7. The van der Waals surface area contributed by atoms with Crippen molar-refractivity contribution in [2.45, 2.75) is 31.9 Å². The zero-order valence-electron chi connectivity index (χ0n) is 14.1. The largest absolute Gasteiger partial charge is 0.372 e. The van der Waals surface area contributed by atoms with Crippen molar-refractivity contribution >= 4 is 33.0 Å². The average Bonchev–Trinajstić information content (AvgIpc) is 3.04. The van der Waals surface area contributed by atoms with Gasteiger partial charge in [-0.15, -0.1) is 11.3 Å². The van der Waals surface area contributed by atoms with E-state index >= 15 is 0 Å². The number of carbonyl (C=O) groups excluding carboxylic acids is 2. The fourth-order valence-electron chi connectivity index (χ4n) is 3.11. The third-order valence-electron chi connectivity index (χ3n) is 4.54. The molecule has 0 spiro atoms. The number of rotatable bonds is 4. The van der Waals surface area contributed by atoms with Crippen molar-refractivity contribution in [1.29, 1.82) is 0 Å². The molecule has 1 aromatic heterocycles. The van der Waals surface area contributed by atoms with Gasteiger partial charge in [-0.3, -0.25) is 9.59 Å². The maximum Gasteiger partial charge on any atom is 0.244 e. The Morgan fingerprint density at radius 2 is 2.12 bits per heavy atom. The molecule has 3 rings (SSSR count). The van der Waals surface area contributed by atoms with Crippen LogP contribution >= 0.6 is 11.3 Å². The van der Waals surface area contributed by atoms with Gasteiger partial charge in [-0.2, -0.15) is 0 Å².